The molecule has 5 heteroatoms. The second kappa shape index (κ2) is 7.13. The van der Waals surface area contributed by atoms with Gasteiger partial charge < -0.3 is 9.72 Å². The Bertz CT molecular complexity index is 1080. The van der Waals surface area contributed by atoms with Gasteiger partial charge in [0.15, 0.2) is 5.78 Å². The van der Waals surface area contributed by atoms with Gasteiger partial charge in [0.25, 0.3) is 0 Å². The lowest BCUT2D eigenvalue weighted by atomic mass is 9.71. The van der Waals surface area contributed by atoms with E-state index < -0.39 is 0 Å². The van der Waals surface area contributed by atoms with Gasteiger partial charge in [-0.25, -0.2) is 0 Å². The van der Waals surface area contributed by atoms with E-state index in [9.17, 15) is 4.79 Å². The van der Waals surface area contributed by atoms with E-state index in [4.69, 9.17) is 4.74 Å². The van der Waals surface area contributed by atoms with Crippen molar-refractivity contribution in [3.63, 3.8) is 0 Å². The fraction of sp³-hybridized carbons (Fsp3) is 0.304. The van der Waals surface area contributed by atoms with Gasteiger partial charge in [-0.2, -0.15) is 11.8 Å². The van der Waals surface area contributed by atoms with Crippen LogP contribution in [-0.4, -0.2) is 36.1 Å². The van der Waals surface area contributed by atoms with E-state index in [1.807, 2.05) is 30.3 Å². The number of rotatable bonds is 6. The van der Waals surface area contributed by atoms with Crippen molar-refractivity contribution in [2.24, 2.45) is 4.99 Å². The fourth-order valence-corrected chi connectivity index (χ4v) is 4.27. The SMILES string of the molecule is C=NCc1ccc2c3c([nH]c2c1)C(C)(C)c1cc(OCCSC)ccc1C3=O. The Labute approximate surface area is 169 Å². The fourth-order valence-electron chi connectivity index (χ4n) is 4.02. The smallest absolute Gasteiger partial charge is 0.195 e. The van der Waals surface area contributed by atoms with Crippen LogP contribution in [0.25, 0.3) is 10.9 Å². The molecule has 0 bridgehead atoms. The Balaban J connectivity index is 1.83. The summed E-state index contributed by atoms with van der Waals surface area (Å²) in [6, 6.07) is 11.9. The van der Waals surface area contributed by atoms with Crippen LogP contribution in [0.2, 0.25) is 0 Å². The molecule has 0 amide bonds. The maximum atomic E-state index is 13.4. The number of aliphatic imine (C=N–C) groups is 1. The number of carbonyl (C=O) groups excluding carboxylic acids is 1. The van der Waals surface area contributed by atoms with Crippen molar-refractivity contribution in [2.75, 3.05) is 18.6 Å². The first-order valence-corrected chi connectivity index (χ1v) is 10.7. The number of nitrogens with one attached hydrogen (secondary N) is 1. The zero-order valence-electron chi connectivity index (χ0n) is 16.5. The second-order valence-corrected chi connectivity index (χ2v) is 8.63. The molecule has 1 aromatic heterocycles. The molecular weight excluding hydrogens is 368 g/mol. The highest BCUT2D eigenvalue weighted by atomic mass is 32.2. The molecule has 3 aromatic rings. The molecule has 2 aromatic carbocycles. The van der Waals surface area contributed by atoms with E-state index in [0.717, 1.165) is 50.4 Å². The van der Waals surface area contributed by atoms with Crippen LogP contribution in [0.15, 0.2) is 41.4 Å². The van der Waals surface area contributed by atoms with Gasteiger partial charge in [-0.15, -0.1) is 0 Å². The minimum Gasteiger partial charge on any atom is -0.493 e. The van der Waals surface area contributed by atoms with Crippen molar-refractivity contribution in [3.05, 3.63) is 64.3 Å². The molecule has 0 atom stereocenters. The highest BCUT2D eigenvalue weighted by molar-refractivity contribution is 7.98. The predicted octanol–water partition coefficient (Wildman–Crippen LogP) is 4.98. The lowest BCUT2D eigenvalue weighted by Crippen LogP contribution is -2.30. The summed E-state index contributed by atoms with van der Waals surface area (Å²) in [5, 5.41) is 0.965. The summed E-state index contributed by atoms with van der Waals surface area (Å²) < 4.78 is 5.87. The number of benzene rings is 2. The molecule has 0 radical (unpaired) electrons. The summed E-state index contributed by atoms with van der Waals surface area (Å²) in [4.78, 5) is 20.8. The number of ketones is 1. The number of ether oxygens (including phenoxy) is 1. The lowest BCUT2D eigenvalue weighted by molar-refractivity contribution is 0.103. The maximum absolute atomic E-state index is 13.4. The van der Waals surface area contributed by atoms with E-state index in [1.54, 1.807) is 11.8 Å². The van der Waals surface area contributed by atoms with E-state index >= 15 is 0 Å². The van der Waals surface area contributed by atoms with Gasteiger partial charge in [-0.05, 0) is 48.4 Å². The van der Waals surface area contributed by atoms with Crippen molar-refractivity contribution in [1.29, 1.82) is 0 Å². The van der Waals surface area contributed by atoms with E-state index in [-0.39, 0.29) is 11.2 Å². The number of fused-ring (bicyclic) bond motifs is 4. The number of hydrogen-bond donors (Lipinski definition) is 1. The Kier molecular flexibility index (Phi) is 4.79. The number of H-pyrrole nitrogens is 1. The standard InChI is InChI=1S/C23H24N2O2S/c1-23(2)18-12-15(27-9-10-28-4)6-8-16(18)21(26)20-17-7-5-14(13-24-3)11-19(17)25-22(20)23/h5-8,11-12,25H,3,9-10,13H2,1-2,4H3. The highest BCUT2D eigenvalue weighted by Gasteiger charge is 2.39. The average Bonchev–Trinajstić information content (AvgIpc) is 3.07. The van der Waals surface area contributed by atoms with Crippen molar-refractivity contribution in [3.8, 4) is 5.75 Å². The van der Waals surface area contributed by atoms with Crippen LogP contribution in [0.4, 0.5) is 0 Å². The van der Waals surface area contributed by atoms with Crippen LogP contribution in [0.1, 0.15) is 46.6 Å². The number of aromatic nitrogens is 1. The third-order valence-corrected chi connectivity index (χ3v) is 6.05. The Morgan fingerprint density at radius 2 is 2.04 bits per heavy atom. The number of thioether (sulfide) groups is 1. The summed E-state index contributed by atoms with van der Waals surface area (Å²) in [7, 11) is 0. The maximum Gasteiger partial charge on any atom is 0.195 e. The van der Waals surface area contributed by atoms with Crippen LogP contribution >= 0.6 is 11.8 Å². The minimum atomic E-state index is -0.326. The van der Waals surface area contributed by atoms with Gasteiger partial charge in [-0.3, -0.25) is 9.79 Å². The van der Waals surface area contributed by atoms with Gasteiger partial charge in [0.05, 0.1) is 18.7 Å². The zero-order valence-corrected chi connectivity index (χ0v) is 17.3. The van der Waals surface area contributed by atoms with Gasteiger partial charge in [-0.1, -0.05) is 26.0 Å². The normalized spacial score (nSPS) is 14.6. The number of aromatic amines is 1. The summed E-state index contributed by atoms with van der Waals surface area (Å²) >= 11 is 1.75. The third kappa shape index (κ3) is 2.94. The van der Waals surface area contributed by atoms with Gasteiger partial charge in [0.1, 0.15) is 5.75 Å². The second-order valence-electron chi connectivity index (χ2n) is 7.64. The summed E-state index contributed by atoms with van der Waals surface area (Å²) in [5.41, 5.74) is 5.23. The molecule has 28 heavy (non-hydrogen) atoms. The molecule has 0 saturated heterocycles. The summed E-state index contributed by atoms with van der Waals surface area (Å²) in [6.45, 7) is 9.11. The lowest BCUT2D eigenvalue weighted by Gasteiger charge is -2.32. The van der Waals surface area contributed by atoms with Crippen molar-refractivity contribution in [1.82, 2.24) is 4.98 Å². The monoisotopic (exact) mass is 392 g/mol. The molecule has 0 aliphatic heterocycles. The molecule has 0 saturated carbocycles. The number of carbonyl (C=O) groups is 1. The Morgan fingerprint density at radius 1 is 1.21 bits per heavy atom. The molecule has 0 unspecified atom stereocenters. The molecule has 4 rings (SSSR count). The topological polar surface area (TPSA) is 54.4 Å². The first-order valence-electron chi connectivity index (χ1n) is 9.36. The quantitative estimate of drug-likeness (QED) is 0.475. The van der Waals surface area contributed by atoms with Crippen molar-refractivity contribution >= 4 is 35.2 Å². The molecule has 1 aliphatic rings. The molecule has 0 spiro atoms. The van der Waals surface area contributed by atoms with E-state index in [2.05, 4.69) is 42.9 Å². The van der Waals surface area contributed by atoms with Gasteiger partial charge in [0, 0.05) is 33.3 Å². The molecule has 1 heterocycles. The number of hydrogen-bond acceptors (Lipinski definition) is 4. The average molecular weight is 393 g/mol. The molecular formula is C23H24N2O2S. The third-order valence-electron chi connectivity index (χ3n) is 5.47. The highest BCUT2D eigenvalue weighted by Crippen LogP contribution is 2.44. The van der Waals surface area contributed by atoms with Crippen LogP contribution in [0, 0.1) is 0 Å². The number of nitrogens with zero attached hydrogens (tertiary/aromatic N) is 1. The van der Waals surface area contributed by atoms with Gasteiger partial charge >= 0.3 is 0 Å². The molecule has 0 fully saturated rings. The van der Waals surface area contributed by atoms with Crippen LogP contribution in [-0.2, 0) is 12.0 Å². The van der Waals surface area contributed by atoms with E-state index in [1.165, 1.54) is 0 Å². The Hall–Kier alpha value is -2.53. The predicted molar refractivity (Wildman–Crippen MR) is 117 cm³/mol. The minimum absolute atomic E-state index is 0.0702. The van der Waals surface area contributed by atoms with Crippen LogP contribution < -0.4 is 4.74 Å². The first-order chi connectivity index (χ1) is 13.5. The zero-order chi connectivity index (χ0) is 19.9. The summed E-state index contributed by atoms with van der Waals surface area (Å²) in [6.07, 6.45) is 2.06. The van der Waals surface area contributed by atoms with Crippen LogP contribution in [0.5, 0.6) is 5.75 Å². The molecule has 4 nitrogen and oxygen atoms in total. The molecule has 1 N–H and O–H groups in total. The molecule has 144 valence electrons. The van der Waals surface area contributed by atoms with Crippen molar-refractivity contribution < 1.29 is 9.53 Å². The summed E-state index contributed by atoms with van der Waals surface area (Å²) in [5.74, 6) is 1.82. The van der Waals surface area contributed by atoms with Crippen LogP contribution in [0.3, 0.4) is 0 Å². The van der Waals surface area contributed by atoms with Crippen molar-refractivity contribution in [2.45, 2.75) is 25.8 Å². The molecule has 1 aliphatic carbocycles. The first kappa shape index (κ1) is 18.8. The van der Waals surface area contributed by atoms with E-state index in [0.29, 0.717) is 13.2 Å². The largest absolute Gasteiger partial charge is 0.493 e. The van der Waals surface area contributed by atoms with Gasteiger partial charge in [0.2, 0.25) is 0 Å². The Morgan fingerprint density at radius 3 is 2.79 bits per heavy atom.